The summed E-state index contributed by atoms with van der Waals surface area (Å²) < 4.78 is 5.69. The molecule has 0 aromatic heterocycles. The van der Waals surface area contributed by atoms with E-state index < -0.39 is 0 Å². The van der Waals surface area contributed by atoms with Gasteiger partial charge in [-0.2, -0.15) is 0 Å². The maximum atomic E-state index is 6.11. The molecule has 2 N–H and O–H groups in total. The molecule has 0 amide bonds. The molecule has 0 radical (unpaired) electrons. The third-order valence-electron chi connectivity index (χ3n) is 2.91. The Hall–Kier alpha value is -1.02. The lowest BCUT2D eigenvalue weighted by Crippen LogP contribution is -2.22. The molecule has 0 unspecified atom stereocenters. The molecule has 1 atom stereocenters. The molecular formula is C12H17NO. The number of hydrogen-bond donors (Lipinski definition) is 1. The number of fused-ring (bicyclic) bond motifs is 1. The van der Waals surface area contributed by atoms with Gasteiger partial charge in [0.2, 0.25) is 0 Å². The van der Waals surface area contributed by atoms with E-state index in [0.717, 1.165) is 25.2 Å². The zero-order valence-corrected chi connectivity index (χ0v) is 8.84. The average molecular weight is 191 g/mol. The standard InChI is InChI=1S/C12H17NO/c1-3-9-5-4-8(2)12-11(9)10(13)6-7-14-12/h4-5,10H,3,6-7,13H2,1-2H3/t10-/m1/s1. The summed E-state index contributed by atoms with van der Waals surface area (Å²) in [5.74, 6) is 1.03. The lowest BCUT2D eigenvalue weighted by atomic mass is 9.92. The summed E-state index contributed by atoms with van der Waals surface area (Å²) in [7, 11) is 0. The Morgan fingerprint density at radius 3 is 3.00 bits per heavy atom. The number of aryl methyl sites for hydroxylation is 2. The number of ether oxygens (including phenoxy) is 1. The Morgan fingerprint density at radius 1 is 1.50 bits per heavy atom. The van der Waals surface area contributed by atoms with Gasteiger partial charge in [0.1, 0.15) is 5.75 Å². The first kappa shape index (κ1) is 9.53. The van der Waals surface area contributed by atoms with E-state index in [9.17, 15) is 0 Å². The van der Waals surface area contributed by atoms with Crippen molar-refractivity contribution in [3.8, 4) is 5.75 Å². The zero-order valence-electron chi connectivity index (χ0n) is 8.84. The second kappa shape index (κ2) is 3.62. The molecule has 2 heteroatoms. The Labute approximate surface area is 85.1 Å². The number of hydrogen-bond acceptors (Lipinski definition) is 2. The van der Waals surface area contributed by atoms with E-state index in [1.165, 1.54) is 16.7 Å². The van der Waals surface area contributed by atoms with Crippen molar-refractivity contribution in [2.75, 3.05) is 6.61 Å². The molecule has 0 spiro atoms. The molecule has 2 nitrogen and oxygen atoms in total. The summed E-state index contributed by atoms with van der Waals surface area (Å²) in [6.45, 7) is 4.99. The minimum Gasteiger partial charge on any atom is -0.493 e. The first-order chi connectivity index (χ1) is 6.74. The Balaban J connectivity index is 2.58. The molecule has 0 fully saturated rings. The summed E-state index contributed by atoms with van der Waals surface area (Å²) in [6.07, 6.45) is 1.96. The smallest absolute Gasteiger partial charge is 0.127 e. The molecule has 1 heterocycles. The van der Waals surface area contributed by atoms with Crippen LogP contribution in [0.3, 0.4) is 0 Å². The van der Waals surface area contributed by atoms with Crippen LogP contribution in [0.1, 0.15) is 36.1 Å². The highest BCUT2D eigenvalue weighted by atomic mass is 16.5. The molecule has 0 bridgehead atoms. The van der Waals surface area contributed by atoms with Crippen molar-refractivity contribution < 1.29 is 4.74 Å². The van der Waals surface area contributed by atoms with Crippen LogP contribution in [0.5, 0.6) is 5.75 Å². The van der Waals surface area contributed by atoms with Crippen LogP contribution in [-0.2, 0) is 6.42 Å². The van der Waals surface area contributed by atoms with E-state index in [0.29, 0.717) is 0 Å². The minimum absolute atomic E-state index is 0.161. The van der Waals surface area contributed by atoms with Crippen LogP contribution in [-0.4, -0.2) is 6.61 Å². The second-order valence-corrected chi connectivity index (χ2v) is 3.88. The predicted octanol–water partition coefficient (Wildman–Crippen LogP) is 2.34. The molecule has 0 saturated carbocycles. The summed E-state index contributed by atoms with van der Waals surface area (Å²) in [5, 5.41) is 0. The molecule has 1 aliphatic rings. The third kappa shape index (κ3) is 1.40. The molecule has 14 heavy (non-hydrogen) atoms. The SMILES string of the molecule is CCc1ccc(C)c2c1[C@H](N)CCO2. The van der Waals surface area contributed by atoms with Crippen LogP contribution in [0.4, 0.5) is 0 Å². The van der Waals surface area contributed by atoms with Crippen molar-refractivity contribution >= 4 is 0 Å². The van der Waals surface area contributed by atoms with E-state index in [4.69, 9.17) is 10.5 Å². The third-order valence-corrected chi connectivity index (χ3v) is 2.91. The van der Waals surface area contributed by atoms with Gasteiger partial charge in [-0.05, 0) is 24.5 Å². The lowest BCUT2D eigenvalue weighted by Gasteiger charge is -2.26. The van der Waals surface area contributed by atoms with Gasteiger partial charge in [-0.25, -0.2) is 0 Å². The molecule has 0 saturated heterocycles. The van der Waals surface area contributed by atoms with Crippen LogP contribution in [0, 0.1) is 6.92 Å². The van der Waals surface area contributed by atoms with E-state index >= 15 is 0 Å². The van der Waals surface area contributed by atoms with Crippen molar-refractivity contribution in [1.29, 1.82) is 0 Å². The maximum Gasteiger partial charge on any atom is 0.127 e. The van der Waals surface area contributed by atoms with Crippen molar-refractivity contribution in [2.45, 2.75) is 32.7 Å². The van der Waals surface area contributed by atoms with Crippen LogP contribution < -0.4 is 10.5 Å². The van der Waals surface area contributed by atoms with Crippen LogP contribution in [0.2, 0.25) is 0 Å². The van der Waals surface area contributed by atoms with E-state index in [1.54, 1.807) is 0 Å². The number of rotatable bonds is 1. The van der Waals surface area contributed by atoms with Gasteiger partial charge in [-0.3, -0.25) is 0 Å². The molecule has 2 rings (SSSR count). The van der Waals surface area contributed by atoms with Gasteiger partial charge in [-0.1, -0.05) is 19.1 Å². The Bertz CT molecular complexity index is 346. The predicted molar refractivity (Wildman–Crippen MR) is 57.6 cm³/mol. The quantitative estimate of drug-likeness (QED) is 0.739. The summed E-state index contributed by atoms with van der Waals surface area (Å²) in [4.78, 5) is 0. The maximum absolute atomic E-state index is 6.11. The van der Waals surface area contributed by atoms with E-state index in [1.807, 2.05) is 0 Å². The van der Waals surface area contributed by atoms with E-state index in [-0.39, 0.29) is 6.04 Å². The van der Waals surface area contributed by atoms with Gasteiger partial charge in [0.15, 0.2) is 0 Å². The fourth-order valence-corrected chi connectivity index (χ4v) is 2.09. The number of benzene rings is 1. The Kier molecular flexibility index (Phi) is 2.46. The molecular weight excluding hydrogens is 174 g/mol. The summed E-state index contributed by atoms with van der Waals surface area (Å²) >= 11 is 0. The normalized spacial score (nSPS) is 20.1. The molecule has 76 valence electrons. The van der Waals surface area contributed by atoms with Gasteiger partial charge in [0.05, 0.1) is 6.61 Å². The highest BCUT2D eigenvalue weighted by Gasteiger charge is 2.22. The van der Waals surface area contributed by atoms with Crippen molar-refractivity contribution in [3.63, 3.8) is 0 Å². The first-order valence-electron chi connectivity index (χ1n) is 5.24. The summed E-state index contributed by atoms with van der Waals surface area (Å²) in [5.41, 5.74) is 9.88. The second-order valence-electron chi connectivity index (χ2n) is 3.88. The van der Waals surface area contributed by atoms with Gasteiger partial charge in [-0.15, -0.1) is 0 Å². The van der Waals surface area contributed by atoms with Crippen LogP contribution in [0.15, 0.2) is 12.1 Å². The van der Waals surface area contributed by atoms with Crippen molar-refractivity contribution in [3.05, 3.63) is 28.8 Å². The summed E-state index contributed by atoms with van der Waals surface area (Å²) in [6, 6.07) is 4.45. The fraction of sp³-hybridized carbons (Fsp3) is 0.500. The van der Waals surface area contributed by atoms with Gasteiger partial charge >= 0.3 is 0 Å². The highest BCUT2D eigenvalue weighted by Crippen LogP contribution is 2.36. The Morgan fingerprint density at radius 2 is 2.29 bits per heavy atom. The largest absolute Gasteiger partial charge is 0.493 e. The zero-order chi connectivity index (χ0) is 10.1. The molecule has 0 aliphatic carbocycles. The minimum atomic E-state index is 0.161. The average Bonchev–Trinajstić information content (AvgIpc) is 2.20. The van der Waals surface area contributed by atoms with E-state index in [2.05, 4.69) is 26.0 Å². The van der Waals surface area contributed by atoms with Gasteiger partial charge < -0.3 is 10.5 Å². The topological polar surface area (TPSA) is 35.2 Å². The first-order valence-corrected chi connectivity index (χ1v) is 5.24. The van der Waals surface area contributed by atoms with Crippen molar-refractivity contribution in [2.24, 2.45) is 5.73 Å². The number of nitrogens with two attached hydrogens (primary N) is 1. The lowest BCUT2D eigenvalue weighted by molar-refractivity contribution is 0.266. The molecule has 1 aromatic carbocycles. The molecule has 1 aliphatic heterocycles. The van der Waals surface area contributed by atoms with Crippen LogP contribution in [0.25, 0.3) is 0 Å². The van der Waals surface area contributed by atoms with Crippen molar-refractivity contribution in [1.82, 2.24) is 0 Å². The van der Waals surface area contributed by atoms with Gasteiger partial charge in [0, 0.05) is 18.0 Å². The highest BCUT2D eigenvalue weighted by molar-refractivity contribution is 5.48. The monoisotopic (exact) mass is 191 g/mol. The van der Waals surface area contributed by atoms with Gasteiger partial charge in [0.25, 0.3) is 0 Å². The molecule has 1 aromatic rings. The fourth-order valence-electron chi connectivity index (χ4n) is 2.09. The van der Waals surface area contributed by atoms with Crippen LogP contribution >= 0.6 is 0 Å².